The molecule has 1 amide bonds. The lowest BCUT2D eigenvalue weighted by atomic mass is 9.98. The number of rotatable bonds is 3. The lowest BCUT2D eigenvalue weighted by Crippen LogP contribution is -2.43. The van der Waals surface area contributed by atoms with Gasteiger partial charge in [-0.25, -0.2) is 0 Å². The average Bonchev–Trinajstić information content (AvgIpc) is 2.67. The zero-order valence-electron chi connectivity index (χ0n) is 12.1. The van der Waals surface area contributed by atoms with Crippen LogP contribution in [0.4, 0.5) is 5.69 Å². The van der Waals surface area contributed by atoms with Crippen LogP contribution in [0.1, 0.15) is 47.4 Å². The van der Waals surface area contributed by atoms with Gasteiger partial charge in [0.25, 0.3) is 5.91 Å². The van der Waals surface area contributed by atoms with Gasteiger partial charge in [0.05, 0.1) is 16.9 Å². The number of anilines is 1. The minimum absolute atomic E-state index is 0.408. The third-order valence-electron chi connectivity index (χ3n) is 4.41. The number of aromatic nitrogens is 1. The number of hydrogen-bond acceptors (Lipinski definition) is 4. The van der Waals surface area contributed by atoms with Crippen LogP contribution in [0.15, 0.2) is 6.07 Å². The summed E-state index contributed by atoms with van der Waals surface area (Å²) in [7, 11) is 0. The fourth-order valence-corrected chi connectivity index (χ4v) is 3.65. The second-order valence-electron chi connectivity index (χ2n) is 6.09. The molecule has 3 rings (SSSR count). The number of aryl methyl sites for hydroxylation is 2. The summed E-state index contributed by atoms with van der Waals surface area (Å²) in [6.07, 6.45) is 4.74. The largest absolute Gasteiger partial charge is 0.381 e. The Hall–Kier alpha value is -1.62. The number of nitrogens with zero attached hydrogens (tertiary/aromatic N) is 1. The molecule has 2 unspecified atom stereocenters. The van der Waals surface area contributed by atoms with Crippen LogP contribution in [0, 0.1) is 13.8 Å². The number of pyridine rings is 1. The smallest absolute Gasteiger partial charge is 0.252 e. The van der Waals surface area contributed by atoms with Crippen LogP contribution in [0.25, 0.3) is 0 Å². The molecule has 0 saturated carbocycles. The van der Waals surface area contributed by atoms with Crippen molar-refractivity contribution >= 4 is 11.6 Å². The molecule has 1 aromatic heterocycles. The lowest BCUT2D eigenvalue weighted by molar-refractivity contribution is 0.1000. The summed E-state index contributed by atoms with van der Waals surface area (Å²) in [5.41, 5.74) is 8.49. The van der Waals surface area contributed by atoms with Gasteiger partial charge in [-0.2, -0.15) is 0 Å². The number of carbonyl (C=O) groups excluding carboxylic acids is 1. The van der Waals surface area contributed by atoms with Gasteiger partial charge in [-0.3, -0.25) is 9.78 Å². The molecule has 0 radical (unpaired) electrons. The molecule has 4 N–H and O–H groups in total. The van der Waals surface area contributed by atoms with Crippen molar-refractivity contribution in [1.82, 2.24) is 10.3 Å². The number of amides is 1. The Balaban J connectivity index is 1.85. The van der Waals surface area contributed by atoms with E-state index in [1.54, 1.807) is 0 Å². The molecule has 5 nitrogen and oxygen atoms in total. The summed E-state index contributed by atoms with van der Waals surface area (Å²) in [5.74, 6) is -0.408. The van der Waals surface area contributed by atoms with Crippen LogP contribution in [0.2, 0.25) is 0 Å². The Labute approximate surface area is 119 Å². The molecule has 2 fully saturated rings. The number of fused-ring (bicyclic) bond motifs is 2. The van der Waals surface area contributed by atoms with E-state index in [-0.39, 0.29) is 0 Å². The molecule has 2 aliphatic heterocycles. The van der Waals surface area contributed by atoms with E-state index < -0.39 is 5.91 Å². The van der Waals surface area contributed by atoms with Crippen molar-refractivity contribution < 1.29 is 4.79 Å². The minimum atomic E-state index is -0.408. The highest BCUT2D eigenvalue weighted by Gasteiger charge is 2.33. The van der Waals surface area contributed by atoms with Crippen LogP contribution >= 0.6 is 0 Å². The fourth-order valence-electron chi connectivity index (χ4n) is 3.65. The lowest BCUT2D eigenvalue weighted by Gasteiger charge is -2.31. The Bertz CT molecular complexity index is 531. The van der Waals surface area contributed by atoms with E-state index in [0.29, 0.717) is 29.4 Å². The highest BCUT2D eigenvalue weighted by molar-refractivity contribution is 5.99. The van der Waals surface area contributed by atoms with Crippen molar-refractivity contribution in [3.8, 4) is 0 Å². The maximum absolute atomic E-state index is 11.7. The number of piperidine rings is 1. The van der Waals surface area contributed by atoms with Gasteiger partial charge in [0.15, 0.2) is 0 Å². The summed E-state index contributed by atoms with van der Waals surface area (Å²) in [4.78, 5) is 16.0. The molecule has 0 aliphatic carbocycles. The van der Waals surface area contributed by atoms with Crippen molar-refractivity contribution in [3.05, 3.63) is 23.0 Å². The first-order chi connectivity index (χ1) is 9.52. The molecule has 0 aromatic carbocycles. The van der Waals surface area contributed by atoms with Crippen LogP contribution in [0.5, 0.6) is 0 Å². The zero-order chi connectivity index (χ0) is 14.3. The van der Waals surface area contributed by atoms with E-state index in [0.717, 1.165) is 24.2 Å². The molecule has 2 aliphatic rings. The predicted octanol–water partition coefficient (Wildman–Crippen LogP) is 1.49. The summed E-state index contributed by atoms with van der Waals surface area (Å²) in [5, 5.41) is 7.15. The molecule has 3 heterocycles. The number of nitrogens with one attached hydrogen (secondary N) is 2. The third-order valence-corrected chi connectivity index (χ3v) is 4.41. The summed E-state index contributed by atoms with van der Waals surface area (Å²) < 4.78 is 0. The van der Waals surface area contributed by atoms with E-state index >= 15 is 0 Å². The van der Waals surface area contributed by atoms with E-state index in [9.17, 15) is 4.79 Å². The first kappa shape index (κ1) is 13.4. The molecular weight excluding hydrogens is 252 g/mol. The number of primary amides is 1. The van der Waals surface area contributed by atoms with Crippen molar-refractivity contribution in [1.29, 1.82) is 0 Å². The Morgan fingerprint density at radius 3 is 2.60 bits per heavy atom. The highest BCUT2D eigenvalue weighted by atomic mass is 16.1. The van der Waals surface area contributed by atoms with Gasteiger partial charge in [-0.1, -0.05) is 0 Å². The zero-order valence-corrected chi connectivity index (χ0v) is 12.1. The summed E-state index contributed by atoms with van der Waals surface area (Å²) in [6, 6.07) is 3.57. The first-order valence-corrected chi connectivity index (χ1v) is 7.33. The van der Waals surface area contributed by atoms with Gasteiger partial charge in [0.1, 0.15) is 0 Å². The molecule has 20 heavy (non-hydrogen) atoms. The Morgan fingerprint density at radius 2 is 2.00 bits per heavy atom. The van der Waals surface area contributed by atoms with E-state index in [1.165, 1.54) is 12.8 Å². The number of nitrogens with two attached hydrogens (primary N) is 1. The Kier molecular flexibility index (Phi) is 3.38. The fraction of sp³-hybridized carbons (Fsp3) is 0.600. The summed E-state index contributed by atoms with van der Waals surface area (Å²) in [6.45, 7) is 3.78. The van der Waals surface area contributed by atoms with Crippen LogP contribution in [-0.2, 0) is 0 Å². The average molecular weight is 274 g/mol. The molecule has 108 valence electrons. The third kappa shape index (κ3) is 2.50. The maximum Gasteiger partial charge on any atom is 0.252 e. The Morgan fingerprint density at radius 1 is 1.35 bits per heavy atom. The van der Waals surface area contributed by atoms with Crippen LogP contribution in [-0.4, -0.2) is 29.0 Å². The minimum Gasteiger partial charge on any atom is -0.381 e. The molecule has 2 atom stereocenters. The highest BCUT2D eigenvalue weighted by Crippen LogP contribution is 2.30. The molecule has 0 spiro atoms. The summed E-state index contributed by atoms with van der Waals surface area (Å²) >= 11 is 0. The maximum atomic E-state index is 11.7. The predicted molar refractivity (Wildman–Crippen MR) is 78.8 cm³/mol. The molecule has 2 bridgehead atoms. The van der Waals surface area contributed by atoms with Crippen molar-refractivity contribution in [2.24, 2.45) is 5.73 Å². The molecule has 5 heteroatoms. The van der Waals surface area contributed by atoms with Gasteiger partial charge >= 0.3 is 0 Å². The SMILES string of the molecule is Cc1cc(NC2CC3CCC(C2)N3)c(C(N)=O)c(C)n1. The number of carbonyl (C=O) groups is 1. The second-order valence-corrected chi connectivity index (χ2v) is 6.09. The quantitative estimate of drug-likeness (QED) is 0.780. The van der Waals surface area contributed by atoms with Crippen molar-refractivity contribution in [2.75, 3.05) is 5.32 Å². The van der Waals surface area contributed by atoms with E-state index in [1.807, 2.05) is 19.9 Å². The first-order valence-electron chi connectivity index (χ1n) is 7.33. The molecule has 1 aromatic rings. The van der Waals surface area contributed by atoms with Gasteiger partial charge in [-0.15, -0.1) is 0 Å². The normalized spacial score (nSPS) is 28.4. The topological polar surface area (TPSA) is 80.0 Å². The van der Waals surface area contributed by atoms with Crippen LogP contribution < -0.4 is 16.4 Å². The molecular formula is C15H22N4O. The van der Waals surface area contributed by atoms with Gasteiger partial charge in [-0.05, 0) is 45.6 Å². The van der Waals surface area contributed by atoms with E-state index in [2.05, 4.69) is 15.6 Å². The monoisotopic (exact) mass is 274 g/mol. The van der Waals surface area contributed by atoms with E-state index in [4.69, 9.17) is 5.73 Å². The van der Waals surface area contributed by atoms with Crippen LogP contribution in [0.3, 0.4) is 0 Å². The van der Waals surface area contributed by atoms with Crippen molar-refractivity contribution in [2.45, 2.75) is 57.7 Å². The number of hydrogen-bond donors (Lipinski definition) is 3. The second kappa shape index (κ2) is 5.05. The standard InChI is InChI=1S/C15H22N4O/c1-8-5-13(14(15(16)20)9(2)17-8)19-12-6-10-3-4-11(7-12)18-10/h5,10-12,18H,3-4,6-7H2,1-2H3,(H2,16,20)(H,17,19). The van der Waals surface area contributed by atoms with Crippen molar-refractivity contribution in [3.63, 3.8) is 0 Å². The van der Waals surface area contributed by atoms with Gasteiger partial charge in [0.2, 0.25) is 0 Å². The van der Waals surface area contributed by atoms with Gasteiger partial charge < -0.3 is 16.4 Å². The molecule has 2 saturated heterocycles. The van der Waals surface area contributed by atoms with Gasteiger partial charge in [0, 0.05) is 23.8 Å².